The summed E-state index contributed by atoms with van der Waals surface area (Å²) in [4.78, 5) is 33.1. The molecule has 34 heavy (non-hydrogen) atoms. The molecule has 0 aromatic heterocycles. The molecule has 0 bridgehead atoms. The highest BCUT2D eigenvalue weighted by atomic mass is 19.3. The third-order valence-electron chi connectivity index (χ3n) is 5.85. The fourth-order valence-electron chi connectivity index (χ4n) is 4.09. The maximum Gasteiger partial charge on any atom is 0.519 e. The highest BCUT2D eigenvalue weighted by Crippen LogP contribution is 2.52. The van der Waals surface area contributed by atoms with Gasteiger partial charge in [-0.05, 0) is 24.0 Å². The standard InChI is InChI=1S/C21H16F4N2O7/c22-20(23)7-11(8-20)15-5-13(26(29)30)1-3-17(15)33-19(28)34-18-4-2-14(27(31)32)6-16(18)12-9-21(24,25)10-12/h1-6,11-12H,7-10H2. The second-order valence-electron chi connectivity index (χ2n) is 8.33. The van der Waals surface area contributed by atoms with Gasteiger partial charge in [-0.3, -0.25) is 20.2 Å². The van der Waals surface area contributed by atoms with Gasteiger partial charge in [-0.1, -0.05) is 0 Å². The number of nitro groups is 2. The zero-order valence-corrected chi connectivity index (χ0v) is 17.2. The summed E-state index contributed by atoms with van der Waals surface area (Å²) in [6.07, 6.45) is -3.68. The summed E-state index contributed by atoms with van der Waals surface area (Å²) >= 11 is 0. The zero-order valence-electron chi connectivity index (χ0n) is 17.2. The lowest BCUT2D eigenvalue weighted by molar-refractivity contribution is -0.385. The first-order valence-corrected chi connectivity index (χ1v) is 10.1. The molecule has 0 unspecified atom stereocenters. The molecule has 0 N–H and O–H groups in total. The molecule has 4 rings (SSSR count). The van der Waals surface area contributed by atoms with Gasteiger partial charge in [0, 0.05) is 61.1 Å². The summed E-state index contributed by atoms with van der Waals surface area (Å²) in [6, 6.07) is 6.28. The molecular weight excluding hydrogens is 468 g/mol. The van der Waals surface area contributed by atoms with E-state index in [-0.39, 0.29) is 34.0 Å². The van der Waals surface area contributed by atoms with Gasteiger partial charge in [-0.2, -0.15) is 0 Å². The highest BCUT2D eigenvalue weighted by molar-refractivity contribution is 5.69. The van der Waals surface area contributed by atoms with E-state index in [0.29, 0.717) is 0 Å². The summed E-state index contributed by atoms with van der Waals surface area (Å²) < 4.78 is 63.6. The Balaban J connectivity index is 1.56. The Morgan fingerprint density at radius 2 is 1.12 bits per heavy atom. The van der Waals surface area contributed by atoms with Crippen molar-refractivity contribution in [3.05, 3.63) is 67.8 Å². The van der Waals surface area contributed by atoms with Gasteiger partial charge in [0.1, 0.15) is 11.5 Å². The fourth-order valence-corrected chi connectivity index (χ4v) is 4.09. The SMILES string of the molecule is O=C(Oc1ccc([N+](=O)[O-])cc1C1CC(F)(F)C1)Oc1ccc([N+](=O)[O-])cc1C1CC(F)(F)C1. The third-order valence-corrected chi connectivity index (χ3v) is 5.85. The highest BCUT2D eigenvalue weighted by Gasteiger charge is 2.48. The van der Waals surface area contributed by atoms with Crippen molar-refractivity contribution in [3.63, 3.8) is 0 Å². The van der Waals surface area contributed by atoms with Crippen molar-refractivity contribution < 1.29 is 41.7 Å². The quantitative estimate of drug-likeness (QED) is 0.159. The number of ether oxygens (including phenoxy) is 2. The van der Waals surface area contributed by atoms with E-state index in [0.717, 1.165) is 36.4 Å². The summed E-state index contributed by atoms with van der Waals surface area (Å²) in [6.45, 7) is 0. The van der Waals surface area contributed by atoms with Crippen LogP contribution in [0.4, 0.5) is 33.7 Å². The van der Waals surface area contributed by atoms with Gasteiger partial charge in [0.2, 0.25) is 11.8 Å². The number of alkyl halides is 4. The number of hydrogen-bond donors (Lipinski definition) is 0. The smallest absolute Gasteiger partial charge is 0.394 e. The number of rotatable bonds is 6. The number of non-ortho nitro benzene ring substituents is 2. The molecule has 9 nitrogen and oxygen atoms in total. The Kier molecular flexibility index (Phi) is 5.66. The van der Waals surface area contributed by atoms with Gasteiger partial charge in [-0.15, -0.1) is 0 Å². The zero-order chi connectivity index (χ0) is 24.8. The van der Waals surface area contributed by atoms with Crippen LogP contribution in [0.5, 0.6) is 11.5 Å². The molecule has 2 saturated carbocycles. The average Bonchev–Trinajstić information content (AvgIpc) is 2.70. The van der Waals surface area contributed by atoms with Crippen LogP contribution in [0.3, 0.4) is 0 Å². The Hall–Kier alpha value is -3.77. The largest absolute Gasteiger partial charge is 0.519 e. The Labute approximate surface area is 188 Å². The fraction of sp³-hybridized carbons (Fsp3) is 0.381. The molecule has 2 aromatic rings. The van der Waals surface area contributed by atoms with Crippen molar-refractivity contribution in [2.75, 3.05) is 0 Å². The van der Waals surface area contributed by atoms with E-state index in [1.165, 1.54) is 0 Å². The average molecular weight is 484 g/mol. The predicted molar refractivity (Wildman–Crippen MR) is 107 cm³/mol. The molecule has 0 radical (unpaired) electrons. The van der Waals surface area contributed by atoms with Crippen LogP contribution in [0, 0.1) is 20.2 Å². The van der Waals surface area contributed by atoms with Gasteiger partial charge < -0.3 is 9.47 Å². The minimum atomic E-state index is -2.94. The molecule has 0 aliphatic heterocycles. The molecule has 2 fully saturated rings. The van der Waals surface area contributed by atoms with Crippen molar-refractivity contribution >= 4 is 17.5 Å². The van der Waals surface area contributed by atoms with Crippen LogP contribution in [0.15, 0.2) is 36.4 Å². The maximum absolute atomic E-state index is 13.4. The summed E-state index contributed by atoms with van der Waals surface area (Å²) in [7, 11) is 0. The molecule has 2 aromatic carbocycles. The Morgan fingerprint density at radius 3 is 1.41 bits per heavy atom. The molecule has 2 aliphatic rings. The van der Waals surface area contributed by atoms with E-state index in [4.69, 9.17) is 9.47 Å². The van der Waals surface area contributed by atoms with Crippen LogP contribution in [0.25, 0.3) is 0 Å². The number of benzene rings is 2. The van der Waals surface area contributed by atoms with Crippen molar-refractivity contribution in [1.82, 2.24) is 0 Å². The molecule has 0 amide bonds. The van der Waals surface area contributed by atoms with Crippen LogP contribution >= 0.6 is 0 Å². The lowest BCUT2D eigenvalue weighted by Crippen LogP contribution is -2.34. The van der Waals surface area contributed by atoms with Crippen LogP contribution in [-0.4, -0.2) is 27.8 Å². The first-order valence-electron chi connectivity index (χ1n) is 10.1. The number of carbonyl (C=O) groups is 1. The molecule has 0 spiro atoms. The van der Waals surface area contributed by atoms with Gasteiger partial charge in [0.05, 0.1) is 9.85 Å². The number of nitrogens with zero attached hydrogens (tertiary/aromatic N) is 2. The Morgan fingerprint density at radius 1 is 0.765 bits per heavy atom. The normalized spacial score (nSPS) is 18.9. The monoisotopic (exact) mass is 484 g/mol. The van der Waals surface area contributed by atoms with E-state index in [1.807, 2.05) is 0 Å². The van der Waals surface area contributed by atoms with E-state index in [9.17, 15) is 42.6 Å². The minimum absolute atomic E-state index is 0.0274. The van der Waals surface area contributed by atoms with Gasteiger partial charge in [-0.25, -0.2) is 22.4 Å². The first kappa shape index (κ1) is 23.4. The molecule has 0 atom stereocenters. The minimum Gasteiger partial charge on any atom is -0.394 e. The summed E-state index contributed by atoms with van der Waals surface area (Å²) in [5, 5.41) is 22.1. The molecule has 0 saturated heterocycles. The van der Waals surface area contributed by atoms with Crippen LogP contribution < -0.4 is 9.47 Å². The first-order chi connectivity index (χ1) is 15.8. The lowest BCUT2D eigenvalue weighted by Gasteiger charge is -2.36. The summed E-state index contributed by atoms with van der Waals surface area (Å²) in [5.41, 5.74) is -0.705. The van der Waals surface area contributed by atoms with Crippen molar-refractivity contribution in [2.45, 2.75) is 49.4 Å². The van der Waals surface area contributed by atoms with Crippen LogP contribution in [0.1, 0.15) is 48.6 Å². The van der Waals surface area contributed by atoms with Gasteiger partial charge in [0.25, 0.3) is 11.4 Å². The van der Waals surface area contributed by atoms with Crippen molar-refractivity contribution in [3.8, 4) is 11.5 Å². The number of carbonyl (C=O) groups excluding carboxylic acids is 1. The third kappa shape index (κ3) is 4.77. The number of hydrogen-bond acceptors (Lipinski definition) is 7. The van der Waals surface area contributed by atoms with Gasteiger partial charge in [0.15, 0.2) is 0 Å². The van der Waals surface area contributed by atoms with E-state index >= 15 is 0 Å². The molecule has 0 heterocycles. The second-order valence-corrected chi connectivity index (χ2v) is 8.33. The van der Waals surface area contributed by atoms with Crippen molar-refractivity contribution in [1.29, 1.82) is 0 Å². The van der Waals surface area contributed by atoms with Crippen molar-refractivity contribution in [2.24, 2.45) is 0 Å². The van der Waals surface area contributed by atoms with E-state index in [2.05, 4.69) is 0 Å². The molecule has 13 heteroatoms. The number of nitro benzene ring substituents is 2. The van der Waals surface area contributed by atoms with E-state index < -0.39 is 65.4 Å². The molecular formula is C21H16F4N2O7. The molecule has 180 valence electrons. The van der Waals surface area contributed by atoms with Crippen LogP contribution in [-0.2, 0) is 0 Å². The number of halogens is 4. The molecule has 2 aliphatic carbocycles. The summed E-state index contributed by atoms with van der Waals surface area (Å²) in [5.74, 6) is -7.91. The second kappa shape index (κ2) is 8.22. The topological polar surface area (TPSA) is 122 Å². The Bertz CT molecular complexity index is 1080. The van der Waals surface area contributed by atoms with Crippen LogP contribution in [0.2, 0.25) is 0 Å². The predicted octanol–water partition coefficient (Wildman–Crippen LogP) is 6.11. The van der Waals surface area contributed by atoms with Gasteiger partial charge >= 0.3 is 6.16 Å². The van der Waals surface area contributed by atoms with E-state index in [1.54, 1.807) is 0 Å². The maximum atomic E-state index is 13.4. The lowest BCUT2D eigenvalue weighted by atomic mass is 9.76.